The van der Waals surface area contributed by atoms with Gasteiger partial charge < -0.3 is 14.5 Å². The molecule has 146 valence electrons. The highest BCUT2D eigenvalue weighted by atomic mass is 32.2. The Morgan fingerprint density at radius 2 is 2.14 bits per heavy atom. The molecular formula is C19H19FN4O3S. The molecule has 0 spiro atoms. The van der Waals surface area contributed by atoms with Crippen LogP contribution in [0.3, 0.4) is 0 Å². The van der Waals surface area contributed by atoms with Crippen molar-refractivity contribution in [1.29, 1.82) is 0 Å². The van der Waals surface area contributed by atoms with Crippen molar-refractivity contribution in [3.63, 3.8) is 0 Å². The maximum atomic E-state index is 13.0. The number of thioether (sulfide) groups is 1. The van der Waals surface area contributed by atoms with E-state index in [4.69, 9.17) is 9.15 Å². The van der Waals surface area contributed by atoms with E-state index < -0.39 is 0 Å². The van der Waals surface area contributed by atoms with Gasteiger partial charge in [-0.1, -0.05) is 11.8 Å². The molecule has 3 heterocycles. The molecule has 1 unspecified atom stereocenters. The minimum absolute atomic E-state index is 0.0945. The Kier molecular flexibility index (Phi) is 5.73. The molecule has 0 bridgehead atoms. The smallest absolute Gasteiger partial charge is 0.234 e. The first kappa shape index (κ1) is 18.7. The Morgan fingerprint density at radius 3 is 2.86 bits per heavy atom. The number of amides is 1. The minimum Gasteiger partial charge on any atom is -0.461 e. The van der Waals surface area contributed by atoms with Crippen molar-refractivity contribution in [2.75, 3.05) is 17.7 Å². The van der Waals surface area contributed by atoms with Gasteiger partial charge in [0.1, 0.15) is 5.82 Å². The van der Waals surface area contributed by atoms with Gasteiger partial charge in [-0.15, -0.1) is 10.2 Å². The van der Waals surface area contributed by atoms with Crippen LogP contribution in [0.4, 0.5) is 10.1 Å². The highest BCUT2D eigenvalue weighted by Gasteiger charge is 2.23. The number of ether oxygens (including phenoxy) is 1. The summed E-state index contributed by atoms with van der Waals surface area (Å²) in [6, 6.07) is 9.27. The number of furan rings is 1. The van der Waals surface area contributed by atoms with Crippen molar-refractivity contribution in [2.45, 2.75) is 30.6 Å². The fourth-order valence-electron chi connectivity index (χ4n) is 3.00. The third kappa shape index (κ3) is 4.42. The standard InChI is InChI=1S/C19H19FN4O3S/c20-13-5-7-14(8-6-13)21-17(25)12-28-19-23-22-18(16-4-2-10-27-16)24(19)11-15-3-1-9-26-15/h2,4-8,10,15H,1,3,9,11-12H2,(H,21,25). The average Bonchev–Trinajstić information content (AvgIpc) is 3.44. The van der Waals surface area contributed by atoms with Crippen molar-refractivity contribution in [1.82, 2.24) is 14.8 Å². The Balaban J connectivity index is 1.45. The second kappa shape index (κ2) is 8.57. The van der Waals surface area contributed by atoms with Crippen LogP contribution in [-0.4, -0.2) is 39.1 Å². The number of benzene rings is 1. The zero-order chi connectivity index (χ0) is 19.3. The number of carbonyl (C=O) groups excluding carboxylic acids is 1. The number of hydrogen-bond donors (Lipinski definition) is 1. The number of hydrogen-bond acceptors (Lipinski definition) is 6. The van der Waals surface area contributed by atoms with Gasteiger partial charge in [-0.2, -0.15) is 0 Å². The summed E-state index contributed by atoms with van der Waals surface area (Å²) in [4.78, 5) is 12.2. The SMILES string of the molecule is O=C(CSc1nnc(-c2ccco2)n1CC1CCCO1)Nc1ccc(F)cc1. The highest BCUT2D eigenvalue weighted by Crippen LogP contribution is 2.27. The first-order valence-electron chi connectivity index (χ1n) is 8.96. The van der Waals surface area contributed by atoms with Gasteiger partial charge in [0.2, 0.25) is 11.7 Å². The van der Waals surface area contributed by atoms with E-state index in [-0.39, 0.29) is 23.6 Å². The van der Waals surface area contributed by atoms with E-state index in [1.807, 2.05) is 10.6 Å². The molecule has 1 aromatic carbocycles. The Hall–Kier alpha value is -2.65. The molecule has 4 rings (SSSR count). The van der Waals surface area contributed by atoms with E-state index in [2.05, 4.69) is 15.5 Å². The molecule has 1 aliphatic heterocycles. The van der Waals surface area contributed by atoms with E-state index >= 15 is 0 Å². The van der Waals surface area contributed by atoms with Crippen LogP contribution in [0.15, 0.2) is 52.2 Å². The second-order valence-electron chi connectivity index (χ2n) is 6.37. The van der Waals surface area contributed by atoms with Crippen LogP contribution < -0.4 is 5.32 Å². The zero-order valence-electron chi connectivity index (χ0n) is 15.0. The largest absolute Gasteiger partial charge is 0.461 e. The third-order valence-corrected chi connectivity index (χ3v) is 5.30. The average molecular weight is 402 g/mol. The van der Waals surface area contributed by atoms with Gasteiger partial charge in [0.25, 0.3) is 0 Å². The van der Waals surface area contributed by atoms with Crippen LogP contribution >= 0.6 is 11.8 Å². The number of nitrogens with one attached hydrogen (secondary N) is 1. The fourth-order valence-corrected chi connectivity index (χ4v) is 3.75. The van der Waals surface area contributed by atoms with Gasteiger partial charge in [-0.25, -0.2) is 4.39 Å². The number of aromatic nitrogens is 3. The molecule has 28 heavy (non-hydrogen) atoms. The van der Waals surface area contributed by atoms with Crippen LogP contribution in [0, 0.1) is 5.82 Å². The number of halogens is 1. The molecule has 1 aliphatic rings. The molecule has 1 fully saturated rings. The van der Waals surface area contributed by atoms with Crippen LogP contribution in [0.1, 0.15) is 12.8 Å². The van der Waals surface area contributed by atoms with E-state index in [9.17, 15) is 9.18 Å². The van der Waals surface area contributed by atoms with E-state index in [1.165, 1.54) is 36.0 Å². The number of carbonyl (C=O) groups is 1. The minimum atomic E-state index is -0.347. The third-order valence-electron chi connectivity index (χ3n) is 4.33. The molecule has 1 amide bonds. The number of nitrogens with zero attached hydrogens (tertiary/aromatic N) is 3. The lowest BCUT2D eigenvalue weighted by Gasteiger charge is -2.13. The van der Waals surface area contributed by atoms with Gasteiger partial charge in [0.05, 0.1) is 24.7 Å². The Morgan fingerprint density at radius 1 is 1.29 bits per heavy atom. The summed E-state index contributed by atoms with van der Waals surface area (Å²) in [7, 11) is 0. The Labute approximate surface area is 165 Å². The van der Waals surface area contributed by atoms with Crippen LogP contribution in [0.25, 0.3) is 11.6 Å². The number of anilines is 1. The monoisotopic (exact) mass is 402 g/mol. The molecule has 0 radical (unpaired) electrons. The molecule has 3 aromatic rings. The number of rotatable bonds is 7. The highest BCUT2D eigenvalue weighted by molar-refractivity contribution is 7.99. The second-order valence-corrected chi connectivity index (χ2v) is 7.32. The van der Waals surface area contributed by atoms with E-state index in [0.29, 0.717) is 29.0 Å². The Bertz CT molecular complexity index is 921. The summed E-state index contributed by atoms with van der Waals surface area (Å²) < 4.78 is 26.1. The van der Waals surface area contributed by atoms with Crippen molar-refractivity contribution in [2.24, 2.45) is 0 Å². The van der Waals surface area contributed by atoms with Crippen molar-refractivity contribution in [3.8, 4) is 11.6 Å². The van der Waals surface area contributed by atoms with Crippen molar-refractivity contribution in [3.05, 3.63) is 48.5 Å². The van der Waals surface area contributed by atoms with E-state index in [0.717, 1.165) is 19.4 Å². The predicted molar refractivity (Wildman–Crippen MR) is 102 cm³/mol. The van der Waals surface area contributed by atoms with Gasteiger partial charge in [0.15, 0.2) is 10.9 Å². The summed E-state index contributed by atoms with van der Waals surface area (Å²) in [6.07, 6.45) is 3.69. The first-order chi connectivity index (χ1) is 13.7. The van der Waals surface area contributed by atoms with Crippen molar-refractivity contribution >= 4 is 23.4 Å². The van der Waals surface area contributed by atoms with Gasteiger partial charge in [-0.05, 0) is 49.2 Å². The van der Waals surface area contributed by atoms with Gasteiger partial charge in [0, 0.05) is 12.3 Å². The first-order valence-corrected chi connectivity index (χ1v) is 9.94. The molecule has 1 saturated heterocycles. The van der Waals surface area contributed by atoms with Crippen LogP contribution in [0.2, 0.25) is 0 Å². The predicted octanol–water partition coefficient (Wildman–Crippen LogP) is 3.59. The molecule has 1 N–H and O–H groups in total. The lowest BCUT2D eigenvalue weighted by Crippen LogP contribution is -2.18. The summed E-state index contributed by atoms with van der Waals surface area (Å²) in [6.45, 7) is 1.36. The summed E-state index contributed by atoms with van der Waals surface area (Å²) >= 11 is 1.29. The molecule has 1 atom stereocenters. The normalized spacial score (nSPS) is 16.4. The maximum Gasteiger partial charge on any atom is 0.234 e. The molecule has 7 nitrogen and oxygen atoms in total. The zero-order valence-corrected chi connectivity index (χ0v) is 15.8. The van der Waals surface area contributed by atoms with Gasteiger partial charge >= 0.3 is 0 Å². The van der Waals surface area contributed by atoms with Crippen LogP contribution in [-0.2, 0) is 16.1 Å². The maximum absolute atomic E-state index is 13.0. The van der Waals surface area contributed by atoms with Gasteiger partial charge in [-0.3, -0.25) is 9.36 Å². The van der Waals surface area contributed by atoms with E-state index in [1.54, 1.807) is 12.3 Å². The quantitative estimate of drug-likeness (QED) is 0.608. The molecule has 0 aliphatic carbocycles. The van der Waals surface area contributed by atoms with Crippen molar-refractivity contribution < 1.29 is 18.3 Å². The summed E-state index contributed by atoms with van der Waals surface area (Å²) in [5.41, 5.74) is 0.545. The fraction of sp³-hybridized carbons (Fsp3) is 0.316. The molecule has 0 saturated carbocycles. The molecule has 2 aromatic heterocycles. The molecule has 9 heteroatoms. The van der Waals surface area contributed by atoms with Crippen LogP contribution in [0.5, 0.6) is 0 Å². The lowest BCUT2D eigenvalue weighted by molar-refractivity contribution is -0.113. The lowest BCUT2D eigenvalue weighted by atomic mass is 10.2. The topological polar surface area (TPSA) is 82.2 Å². The molecular weight excluding hydrogens is 383 g/mol. The summed E-state index contributed by atoms with van der Waals surface area (Å²) in [5, 5.41) is 11.8. The summed E-state index contributed by atoms with van der Waals surface area (Å²) in [5.74, 6) is 0.831.